The molecule has 1 aliphatic rings. The monoisotopic (exact) mass is 320 g/mol. The van der Waals surface area contributed by atoms with Crippen LogP contribution in [0.1, 0.15) is 28.6 Å². The van der Waals surface area contributed by atoms with Crippen LogP contribution in [-0.4, -0.2) is 48.7 Å². The largest absolute Gasteiger partial charge is 0.544 e. The minimum absolute atomic E-state index is 0.256. The Kier molecular flexibility index (Phi) is 4.26. The number of aryl methyl sites for hydroxylation is 1. The number of carbonyl (C=O) groups is 1. The molecule has 0 aromatic carbocycles. The Morgan fingerprint density at radius 2 is 2.14 bits per heavy atom. The fraction of sp³-hybridized carbons (Fsp3) is 0.533. The second-order valence-electron chi connectivity index (χ2n) is 5.71. The lowest BCUT2D eigenvalue weighted by atomic mass is 10.2. The van der Waals surface area contributed by atoms with Crippen LogP contribution >= 0.6 is 11.3 Å². The standard InChI is InChI=1S/C15H20N4O2S/c1-3-4-18-5-7-19(8-6-18)13-11-10(2)12(15(20)21)22-14(11)17-9-16-13/h9H,3-8H2,1-2H3,(H,20,21). The van der Waals surface area contributed by atoms with Crippen LogP contribution in [0.3, 0.4) is 0 Å². The van der Waals surface area contributed by atoms with Gasteiger partial charge in [0.15, 0.2) is 0 Å². The number of carboxylic acids is 1. The highest BCUT2D eigenvalue weighted by Gasteiger charge is 2.24. The lowest BCUT2D eigenvalue weighted by Crippen LogP contribution is -3.14. The lowest BCUT2D eigenvalue weighted by molar-refractivity contribution is -0.900. The summed E-state index contributed by atoms with van der Waals surface area (Å²) < 4.78 is 0. The van der Waals surface area contributed by atoms with Crippen LogP contribution in [0.25, 0.3) is 10.2 Å². The summed E-state index contributed by atoms with van der Waals surface area (Å²) in [6.07, 6.45) is 2.73. The number of carboxylic acid groups (broad SMARTS) is 1. The third-order valence-electron chi connectivity index (χ3n) is 4.27. The molecular formula is C15H20N4O2S. The fourth-order valence-corrected chi connectivity index (χ4v) is 4.10. The zero-order valence-corrected chi connectivity index (χ0v) is 13.7. The van der Waals surface area contributed by atoms with Crippen molar-refractivity contribution in [3.05, 3.63) is 16.8 Å². The number of anilines is 1. The number of aromatic nitrogens is 2. The number of aromatic carboxylic acids is 1. The van der Waals surface area contributed by atoms with E-state index in [0.717, 1.165) is 47.8 Å². The Balaban J connectivity index is 1.93. The van der Waals surface area contributed by atoms with Gasteiger partial charge in [0, 0.05) is 0 Å². The third-order valence-corrected chi connectivity index (χ3v) is 5.45. The molecule has 1 saturated heterocycles. The molecular weight excluding hydrogens is 300 g/mol. The molecule has 2 aromatic rings. The van der Waals surface area contributed by atoms with Crippen LogP contribution in [0.4, 0.5) is 5.82 Å². The summed E-state index contributed by atoms with van der Waals surface area (Å²) in [5.41, 5.74) is 0.721. The first kappa shape index (κ1) is 15.2. The summed E-state index contributed by atoms with van der Waals surface area (Å²) in [5.74, 6) is -0.273. The normalized spacial score (nSPS) is 16.4. The van der Waals surface area contributed by atoms with Crippen LogP contribution in [0.5, 0.6) is 0 Å². The minimum atomic E-state index is -1.14. The Hall–Kier alpha value is -1.73. The van der Waals surface area contributed by atoms with Crippen LogP contribution in [0.15, 0.2) is 6.33 Å². The van der Waals surface area contributed by atoms with Gasteiger partial charge in [0.25, 0.3) is 0 Å². The summed E-state index contributed by atoms with van der Waals surface area (Å²) >= 11 is 1.17. The summed E-state index contributed by atoms with van der Waals surface area (Å²) in [6, 6.07) is 0. The topological polar surface area (TPSA) is 73.6 Å². The van der Waals surface area contributed by atoms with Gasteiger partial charge in [0.2, 0.25) is 0 Å². The van der Waals surface area contributed by atoms with Crippen molar-refractivity contribution in [1.82, 2.24) is 9.97 Å². The van der Waals surface area contributed by atoms with Gasteiger partial charge in [-0.25, -0.2) is 9.97 Å². The number of piperazine rings is 1. The van der Waals surface area contributed by atoms with E-state index in [-0.39, 0.29) is 4.88 Å². The average Bonchev–Trinajstić information content (AvgIpc) is 2.86. The molecule has 22 heavy (non-hydrogen) atoms. The smallest absolute Gasteiger partial charge is 0.141 e. The maximum Gasteiger partial charge on any atom is 0.141 e. The van der Waals surface area contributed by atoms with E-state index in [0.29, 0.717) is 0 Å². The molecule has 0 saturated carbocycles. The van der Waals surface area contributed by atoms with Gasteiger partial charge in [-0.05, 0) is 18.9 Å². The molecule has 1 fully saturated rings. The molecule has 0 unspecified atom stereocenters. The van der Waals surface area contributed by atoms with Gasteiger partial charge < -0.3 is 19.7 Å². The van der Waals surface area contributed by atoms with Crippen molar-refractivity contribution < 1.29 is 14.8 Å². The number of nitrogens with zero attached hydrogens (tertiary/aromatic N) is 3. The van der Waals surface area contributed by atoms with Crippen molar-refractivity contribution in [3.63, 3.8) is 0 Å². The van der Waals surface area contributed by atoms with Gasteiger partial charge >= 0.3 is 0 Å². The number of nitrogens with one attached hydrogen (secondary N) is 1. The molecule has 3 rings (SSSR count). The van der Waals surface area contributed by atoms with Crippen molar-refractivity contribution >= 4 is 33.3 Å². The quantitative estimate of drug-likeness (QED) is 0.820. The molecule has 0 bridgehead atoms. The SMILES string of the molecule is CCC[NH+]1CCN(c2ncnc3sc(C(=O)[O-])c(C)c23)CC1. The Bertz CT molecular complexity index is 692. The molecule has 0 spiro atoms. The van der Waals surface area contributed by atoms with E-state index >= 15 is 0 Å². The highest BCUT2D eigenvalue weighted by Crippen LogP contribution is 2.34. The first-order valence-electron chi connectivity index (χ1n) is 7.65. The number of hydrogen-bond donors (Lipinski definition) is 1. The predicted octanol–water partition coefficient (Wildman–Crippen LogP) is -0.522. The first-order chi connectivity index (χ1) is 10.6. The third kappa shape index (κ3) is 2.66. The molecule has 0 radical (unpaired) electrons. The first-order valence-corrected chi connectivity index (χ1v) is 8.47. The lowest BCUT2D eigenvalue weighted by Gasteiger charge is -2.33. The van der Waals surface area contributed by atoms with E-state index < -0.39 is 5.97 Å². The second-order valence-corrected chi connectivity index (χ2v) is 6.71. The van der Waals surface area contributed by atoms with Gasteiger partial charge in [-0.3, -0.25) is 0 Å². The Morgan fingerprint density at radius 1 is 1.41 bits per heavy atom. The van der Waals surface area contributed by atoms with Crippen LogP contribution < -0.4 is 14.9 Å². The molecule has 2 aromatic heterocycles. The summed E-state index contributed by atoms with van der Waals surface area (Å²) in [4.78, 5) is 24.8. The van der Waals surface area contributed by atoms with E-state index in [1.807, 2.05) is 6.92 Å². The van der Waals surface area contributed by atoms with E-state index in [1.165, 1.54) is 30.6 Å². The van der Waals surface area contributed by atoms with E-state index in [9.17, 15) is 9.90 Å². The molecule has 6 nitrogen and oxygen atoms in total. The fourth-order valence-electron chi connectivity index (χ4n) is 3.13. The van der Waals surface area contributed by atoms with Crippen molar-refractivity contribution in [2.75, 3.05) is 37.6 Å². The van der Waals surface area contributed by atoms with Crippen molar-refractivity contribution in [2.45, 2.75) is 20.3 Å². The summed E-state index contributed by atoms with van der Waals surface area (Å²) in [5, 5.41) is 12.1. The zero-order chi connectivity index (χ0) is 15.7. The summed E-state index contributed by atoms with van der Waals surface area (Å²) in [7, 11) is 0. The predicted molar refractivity (Wildman–Crippen MR) is 84.6 cm³/mol. The maximum atomic E-state index is 11.2. The Morgan fingerprint density at radius 3 is 2.77 bits per heavy atom. The number of rotatable bonds is 4. The van der Waals surface area contributed by atoms with Crippen LogP contribution in [0.2, 0.25) is 0 Å². The van der Waals surface area contributed by atoms with Gasteiger partial charge in [-0.2, -0.15) is 0 Å². The molecule has 1 N–H and O–H groups in total. The highest BCUT2D eigenvalue weighted by molar-refractivity contribution is 7.20. The zero-order valence-electron chi connectivity index (χ0n) is 12.9. The minimum Gasteiger partial charge on any atom is -0.544 e. The number of carbonyl (C=O) groups excluding carboxylic acids is 1. The van der Waals surface area contributed by atoms with E-state index in [4.69, 9.17) is 0 Å². The number of quaternary nitrogens is 1. The average molecular weight is 320 g/mol. The van der Waals surface area contributed by atoms with Crippen LogP contribution in [-0.2, 0) is 0 Å². The van der Waals surface area contributed by atoms with Crippen molar-refractivity contribution in [3.8, 4) is 0 Å². The molecule has 3 heterocycles. The highest BCUT2D eigenvalue weighted by atomic mass is 32.1. The number of fused-ring (bicyclic) bond motifs is 1. The molecule has 0 aliphatic carbocycles. The van der Waals surface area contributed by atoms with Gasteiger partial charge in [-0.15, -0.1) is 11.3 Å². The summed E-state index contributed by atoms with van der Waals surface area (Å²) in [6.45, 7) is 9.30. The van der Waals surface area contributed by atoms with Gasteiger partial charge in [0.1, 0.15) is 17.0 Å². The van der Waals surface area contributed by atoms with Gasteiger partial charge in [0.05, 0.1) is 49.0 Å². The Labute approximate surface area is 133 Å². The van der Waals surface area contributed by atoms with E-state index in [2.05, 4.69) is 21.8 Å². The number of thiophene rings is 1. The second kappa shape index (κ2) is 6.18. The van der Waals surface area contributed by atoms with Gasteiger partial charge in [-0.1, -0.05) is 6.92 Å². The molecule has 0 atom stereocenters. The maximum absolute atomic E-state index is 11.2. The molecule has 7 heteroatoms. The van der Waals surface area contributed by atoms with Crippen molar-refractivity contribution in [2.24, 2.45) is 0 Å². The van der Waals surface area contributed by atoms with E-state index in [1.54, 1.807) is 4.90 Å². The molecule has 118 valence electrons. The molecule has 0 amide bonds. The van der Waals surface area contributed by atoms with Crippen molar-refractivity contribution in [1.29, 1.82) is 0 Å². The van der Waals surface area contributed by atoms with Crippen LogP contribution in [0, 0.1) is 6.92 Å². The number of hydrogen-bond acceptors (Lipinski definition) is 6. The molecule has 1 aliphatic heterocycles.